The minimum atomic E-state index is 0.596. The van der Waals surface area contributed by atoms with Gasteiger partial charge in [0.25, 0.3) is 0 Å². The molecular formula is C14H23NS. The van der Waals surface area contributed by atoms with E-state index in [1.165, 1.54) is 4.90 Å². The van der Waals surface area contributed by atoms with Crippen LogP contribution in [0.25, 0.3) is 0 Å². The average Bonchev–Trinajstić information content (AvgIpc) is 2.27. The highest BCUT2D eigenvalue weighted by molar-refractivity contribution is 8.00. The van der Waals surface area contributed by atoms with E-state index in [9.17, 15) is 0 Å². The van der Waals surface area contributed by atoms with Crippen LogP contribution in [-0.4, -0.2) is 17.8 Å². The van der Waals surface area contributed by atoms with E-state index in [2.05, 4.69) is 63.3 Å². The van der Waals surface area contributed by atoms with E-state index in [1.807, 2.05) is 11.8 Å². The van der Waals surface area contributed by atoms with Crippen molar-refractivity contribution in [3.63, 3.8) is 0 Å². The van der Waals surface area contributed by atoms with Gasteiger partial charge in [-0.05, 0) is 25.0 Å². The third-order valence-electron chi connectivity index (χ3n) is 2.81. The maximum absolute atomic E-state index is 3.58. The molecule has 1 N–H and O–H groups in total. The Labute approximate surface area is 104 Å². The van der Waals surface area contributed by atoms with Crippen LogP contribution in [-0.2, 0) is 0 Å². The SMILES string of the molecule is CC(CNC(C)C(C)C)Sc1ccccc1. The zero-order chi connectivity index (χ0) is 12.0. The van der Waals surface area contributed by atoms with Crippen molar-refractivity contribution < 1.29 is 0 Å². The van der Waals surface area contributed by atoms with E-state index < -0.39 is 0 Å². The molecule has 2 heteroatoms. The van der Waals surface area contributed by atoms with E-state index in [-0.39, 0.29) is 0 Å². The molecule has 1 aromatic carbocycles. The summed E-state index contributed by atoms with van der Waals surface area (Å²) in [4.78, 5) is 1.36. The van der Waals surface area contributed by atoms with Gasteiger partial charge in [-0.2, -0.15) is 0 Å². The van der Waals surface area contributed by atoms with Crippen LogP contribution in [0, 0.1) is 5.92 Å². The predicted octanol–water partition coefficient (Wildman–Crippen LogP) is 3.80. The third-order valence-corrected chi connectivity index (χ3v) is 3.92. The third kappa shape index (κ3) is 5.04. The molecule has 16 heavy (non-hydrogen) atoms. The lowest BCUT2D eigenvalue weighted by molar-refractivity contribution is 0.430. The standard InChI is InChI=1S/C14H23NS/c1-11(2)13(4)15-10-12(3)16-14-8-6-5-7-9-14/h5-9,11-13,15H,10H2,1-4H3. The summed E-state index contributed by atoms with van der Waals surface area (Å²) >= 11 is 1.93. The number of thioether (sulfide) groups is 1. The van der Waals surface area contributed by atoms with Crippen LogP contribution < -0.4 is 5.32 Å². The molecule has 1 nitrogen and oxygen atoms in total. The Morgan fingerprint density at radius 2 is 1.69 bits per heavy atom. The van der Waals surface area contributed by atoms with Crippen LogP contribution in [0.3, 0.4) is 0 Å². The average molecular weight is 237 g/mol. The van der Waals surface area contributed by atoms with Crippen LogP contribution in [0.4, 0.5) is 0 Å². The topological polar surface area (TPSA) is 12.0 Å². The fourth-order valence-electron chi connectivity index (χ4n) is 1.36. The van der Waals surface area contributed by atoms with Gasteiger partial charge in [0, 0.05) is 22.7 Å². The molecule has 1 aromatic rings. The zero-order valence-corrected chi connectivity index (χ0v) is 11.6. The highest BCUT2D eigenvalue weighted by Gasteiger charge is 2.09. The Morgan fingerprint density at radius 1 is 1.06 bits per heavy atom. The summed E-state index contributed by atoms with van der Waals surface area (Å²) < 4.78 is 0. The van der Waals surface area contributed by atoms with E-state index in [4.69, 9.17) is 0 Å². The molecule has 0 saturated carbocycles. The minimum absolute atomic E-state index is 0.596. The first kappa shape index (κ1) is 13.6. The molecule has 0 amide bonds. The molecule has 0 aliphatic heterocycles. The molecule has 0 bridgehead atoms. The van der Waals surface area contributed by atoms with Crippen LogP contribution in [0.1, 0.15) is 27.7 Å². The normalized spacial score (nSPS) is 15.1. The quantitative estimate of drug-likeness (QED) is 0.755. The van der Waals surface area contributed by atoms with Gasteiger partial charge >= 0.3 is 0 Å². The molecule has 0 fully saturated rings. The van der Waals surface area contributed by atoms with Gasteiger partial charge in [0.2, 0.25) is 0 Å². The molecule has 0 saturated heterocycles. The largest absolute Gasteiger partial charge is 0.313 e. The lowest BCUT2D eigenvalue weighted by atomic mass is 10.1. The molecule has 0 aliphatic rings. The Hall–Kier alpha value is -0.470. The van der Waals surface area contributed by atoms with Crippen molar-refractivity contribution in [2.45, 2.75) is 43.9 Å². The van der Waals surface area contributed by atoms with Crippen molar-refractivity contribution in [2.24, 2.45) is 5.92 Å². The van der Waals surface area contributed by atoms with Crippen molar-refractivity contribution in [3.8, 4) is 0 Å². The monoisotopic (exact) mass is 237 g/mol. The van der Waals surface area contributed by atoms with Crippen LogP contribution >= 0.6 is 11.8 Å². The van der Waals surface area contributed by atoms with Gasteiger partial charge in [0.15, 0.2) is 0 Å². The first-order valence-electron chi connectivity index (χ1n) is 6.04. The molecule has 0 aliphatic carbocycles. The van der Waals surface area contributed by atoms with E-state index >= 15 is 0 Å². The first-order chi connectivity index (χ1) is 7.59. The highest BCUT2D eigenvalue weighted by atomic mass is 32.2. The second kappa shape index (κ2) is 6.97. The zero-order valence-electron chi connectivity index (χ0n) is 10.7. The van der Waals surface area contributed by atoms with Gasteiger partial charge in [-0.1, -0.05) is 39.0 Å². The van der Waals surface area contributed by atoms with Crippen molar-refractivity contribution in [3.05, 3.63) is 30.3 Å². The van der Waals surface area contributed by atoms with Crippen LogP contribution in [0.5, 0.6) is 0 Å². The van der Waals surface area contributed by atoms with E-state index in [0.717, 1.165) is 6.54 Å². The number of benzene rings is 1. The minimum Gasteiger partial charge on any atom is -0.313 e. The summed E-state index contributed by atoms with van der Waals surface area (Å²) in [7, 11) is 0. The maximum atomic E-state index is 3.58. The van der Waals surface area contributed by atoms with Crippen LogP contribution in [0.15, 0.2) is 35.2 Å². The molecule has 0 radical (unpaired) electrons. The van der Waals surface area contributed by atoms with Crippen molar-refractivity contribution in [1.29, 1.82) is 0 Å². The molecular weight excluding hydrogens is 214 g/mol. The Balaban J connectivity index is 2.29. The van der Waals surface area contributed by atoms with Crippen LogP contribution in [0.2, 0.25) is 0 Å². The highest BCUT2D eigenvalue weighted by Crippen LogP contribution is 2.22. The van der Waals surface area contributed by atoms with Crippen molar-refractivity contribution >= 4 is 11.8 Å². The summed E-state index contributed by atoms with van der Waals surface area (Å²) in [5.74, 6) is 0.703. The molecule has 1 rings (SSSR count). The lowest BCUT2D eigenvalue weighted by Gasteiger charge is -2.20. The lowest BCUT2D eigenvalue weighted by Crippen LogP contribution is -2.34. The summed E-state index contributed by atoms with van der Waals surface area (Å²) in [5.41, 5.74) is 0. The number of hydrogen-bond acceptors (Lipinski definition) is 2. The molecule has 2 unspecified atom stereocenters. The maximum Gasteiger partial charge on any atom is 0.0191 e. The molecule has 0 spiro atoms. The summed E-state index contributed by atoms with van der Waals surface area (Å²) in [6, 6.07) is 11.2. The number of hydrogen-bond donors (Lipinski definition) is 1. The summed E-state index contributed by atoms with van der Waals surface area (Å²) in [6.07, 6.45) is 0. The number of nitrogens with one attached hydrogen (secondary N) is 1. The number of rotatable bonds is 6. The second-order valence-corrected chi connectivity index (χ2v) is 6.19. The molecule has 90 valence electrons. The van der Waals surface area contributed by atoms with Crippen molar-refractivity contribution in [1.82, 2.24) is 5.32 Å². The second-order valence-electron chi connectivity index (χ2n) is 4.68. The Bertz CT molecular complexity index is 284. The van der Waals surface area contributed by atoms with Crippen molar-refractivity contribution in [2.75, 3.05) is 6.54 Å². The smallest absolute Gasteiger partial charge is 0.0191 e. The first-order valence-corrected chi connectivity index (χ1v) is 6.92. The predicted molar refractivity (Wildman–Crippen MR) is 74.1 cm³/mol. The van der Waals surface area contributed by atoms with Gasteiger partial charge in [0.05, 0.1) is 0 Å². The van der Waals surface area contributed by atoms with Gasteiger partial charge < -0.3 is 5.32 Å². The Morgan fingerprint density at radius 3 is 2.25 bits per heavy atom. The molecule has 2 atom stereocenters. The van der Waals surface area contributed by atoms with Gasteiger partial charge in [-0.3, -0.25) is 0 Å². The van der Waals surface area contributed by atoms with Gasteiger partial charge in [-0.25, -0.2) is 0 Å². The summed E-state index contributed by atoms with van der Waals surface area (Å²) in [5, 5.41) is 4.20. The van der Waals surface area contributed by atoms with E-state index in [1.54, 1.807) is 0 Å². The van der Waals surface area contributed by atoms with E-state index in [0.29, 0.717) is 17.2 Å². The van der Waals surface area contributed by atoms with Gasteiger partial charge in [0.1, 0.15) is 0 Å². The fraction of sp³-hybridized carbons (Fsp3) is 0.571. The Kier molecular flexibility index (Phi) is 5.93. The van der Waals surface area contributed by atoms with Gasteiger partial charge in [-0.15, -0.1) is 11.8 Å². The summed E-state index contributed by atoms with van der Waals surface area (Å²) in [6.45, 7) is 10.1. The fourth-order valence-corrected chi connectivity index (χ4v) is 2.32. The molecule has 0 heterocycles. The molecule has 0 aromatic heterocycles.